The van der Waals surface area contributed by atoms with Crippen LogP contribution in [0.2, 0.25) is 0 Å². The fraction of sp³-hybridized carbons (Fsp3) is 0.684. The van der Waals surface area contributed by atoms with Gasteiger partial charge >= 0.3 is 0 Å². The van der Waals surface area contributed by atoms with Gasteiger partial charge in [-0.1, -0.05) is 12.8 Å². The van der Waals surface area contributed by atoms with Crippen LogP contribution < -0.4 is 15.5 Å². The minimum absolute atomic E-state index is 0.350. The second kappa shape index (κ2) is 9.61. The third kappa shape index (κ3) is 5.88. The van der Waals surface area contributed by atoms with Crippen molar-refractivity contribution >= 4 is 11.8 Å². The molecule has 0 amide bonds. The van der Waals surface area contributed by atoms with Gasteiger partial charge < -0.3 is 20.3 Å². The highest BCUT2D eigenvalue weighted by Gasteiger charge is 2.33. The summed E-state index contributed by atoms with van der Waals surface area (Å²) in [6.07, 6.45) is 8.15. The number of aliphatic imine (C=N–C) groups is 1. The first-order valence-corrected chi connectivity index (χ1v) is 9.14. The van der Waals surface area contributed by atoms with Crippen LogP contribution in [-0.2, 0) is 11.3 Å². The summed E-state index contributed by atoms with van der Waals surface area (Å²) in [5.74, 6) is 1.82. The Morgan fingerprint density at radius 1 is 1.32 bits per heavy atom. The second-order valence-corrected chi connectivity index (χ2v) is 7.15. The summed E-state index contributed by atoms with van der Waals surface area (Å²) in [6.45, 7) is 2.52. The first-order valence-electron chi connectivity index (χ1n) is 9.14. The lowest BCUT2D eigenvalue weighted by molar-refractivity contribution is 0.138. The highest BCUT2D eigenvalue weighted by atomic mass is 16.5. The van der Waals surface area contributed by atoms with E-state index in [0.29, 0.717) is 5.41 Å². The van der Waals surface area contributed by atoms with E-state index in [9.17, 15) is 0 Å². The van der Waals surface area contributed by atoms with E-state index in [-0.39, 0.29) is 0 Å². The molecular weight excluding hydrogens is 314 g/mol. The summed E-state index contributed by atoms with van der Waals surface area (Å²) in [6, 6.07) is 4.13. The maximum atomic E-state index is 5.31. The van der Waals surface area contributed by atoms with E-state index in [0.717, 1.165) is 37.9 Å². The monoisotopic (exact) mass is 347 g/mol. The summed E-state index contributed by atoms with van der Waals surface area (Å²) >= 11 is 0. The molecule has 0 bridgehead atoms. The molecule has 0 aliphatic heterocycles. The molecule has 25 heavy (non-hydrogen) atoms. The molecule has 1 heterocycles. The van der Waals surface area contributed by atoms with Crippen molar-refractivity contribution in [1.29, 1.82) is 0 Å². The molecule has 6 heteroatoms. The quantitative estimate of drug-likeness (QED) is 0.559. The zero-order valence-corrected chi connectivity index (χ0v) is 16.1. The van der Waals surface area contributed by atoms with Crippen LogP contribution in [0.25, 0.3) is 0 Å². The lowest BCUT2D eigenvalue weighted by Gasteiger charge is -2.30. The highest BCUT2D eigenvalue weighted by Crippen LogP contribution is 2.40. The van der Waals surface area contributed by atoms with E-state index in [1.54, 1.807) is 7.11 Å². The molecule has 1 fully saturated rings. The van der Waals surface area contributed by atoms with E-state index >= 15 is 0 Å². The van der Waals surface area contributed by atoms with Gasteiger partial charge in [-0.15, -0.1) is 0 Å². The summed E-state index contributed by atoms with van der Waals surface area (Å²) in [5, 5.41) is 6.94. The van der Waals surface area contributed by atoms with E-state index < -0.39 is 0 Å². The molecule has 0 radical (unpaired) electrons. The van der Waals surface area contributed by atoms with Gasteiger partial charge in [0.2, 0.25) is 0 Å². The lowest BCUT2D eigenvalue weighted by Crippen LogP contribution is -2.43. The first kappa shape index (κ1) is 19.5. The lowest BCUT2D eigenvalue weighted by atomic mass is 9.83. The van der Waals surface area contributed by atoms with Crippen LogP contribution in [0.1, 0.15) is 37.7 Å². The summed E-state index contributed by atoms with van der Waals surface area (Å²) in [5.41, 5.74) is 1.54. The molecule has 0 atom stereocenters. The maximum Gasteiger partial charge on any atom is 0.191 e. The molecule has 0 spiro atoms. The molecule has 1 aromatic heterocycles. The number of hydrogen-bond acceptors (Lipinski definition) is 4. The average Bonchev–Trinajstić information content (AvgIpc) is 3.09. The van der Waals surface area contributed by atoms with Crippen molar-refractivity contribution in [2.75, 3.05) is 46.3 Å². The molecule has 0 saturated heterocycles. The van der Waals surface area contributed by atoms with Crippen LogP contribution >= 0.6 is 0 Å². The Morgan fingerprint density at radius 2 is 2.08 bits per heavy atom. The molecule has 1 saturated carbocycles. The van der Waals surface area contributed by atoms with Crippen LogP contribution in [-0.4, -0.2) is 52.3 Å². The number of rotatable bonds is 8. The number of hydrogen-bond donors (Lipinski definition) is 2. The Bertz CT molecular complexity index is 553. The number of nitrogens with one attached hydrogen (secondary N) is 2. The van der Waals surface area contributed by atoms with Crippen molar-refractivity contribution in [3.05, 3.63) is 23.9 Å². The Balaban J connectivity index is 1.87. The molecule has 6 nitrogen and oxygen atoms in total. The standard InChI is InChI=1S/C19H33N5O/c1-20-18(22-14-16-7-11-21-17(13-16)24(2)3)23-15-19(10-12-25-4)8-5-6-9-19/h7,11,13H,5-6,8-10,12,14-15H2,1-4H3,(H2,20,22,23). The molecule has 2 rings (SSSR count). The van der Waals surface area contributed by atoms with Crippen LogP contribution in [0.15, 0.2) is 23.3 Å². The second-order valence-electron chi connectivity index (χ2n) is 7.15. The summed E-state index contributed by atoms with van der Waals surface area (Å²) < 4.78 is 5.31. The first-order chi connectivity index (χ1) is 12.1. The molecule has 0 unspecified atom stereocenters. The van der Waals surface area contributed by atoms with Gasteiger partial charge in [-0.2, -0.15) is 0 Å². The zero-order valence-electron chi connectivity index (χ0n) is 16.1. The van der Waals surface area contributed by atoms with Crippen molar-refractivity contribution in [3.8, 4) is 0 Å². The minimum atomic E-state index is 0.350. The molecular formula is C19H33N5O. The molecule has 140 valence electrons. The van der Waals surface area contributed by atoms with E-state index in [1.807, 2.05) is 38.3 Å². The van der Waals surface area contributed by atoms with Crippen LogP contribution in [0.5, 0.6) is 0 Å². The van der Waals surface area contributed by atoms with Gasteiger partial charge in [0.05, 0.1) is 0 Å². The van der Waals surface area contributed by atoms with Gasteiger partial charge in [0.1, 0.15) is 5.82 Å². The van der Waals surface area contributed by atoms with Crippen LogP contribution in [0.3, 0.4) is 0 Å². The topological polar surface area (TPSA) is 61.8 Å². The molecule has 0 aromatic carbocycles. The number of nitrogens with zero attached hydrogens (tertiary/aromatic N) is 3. The van der Waals surface area contributed by atoms with Crippen molar-refractivity contribution in [1.82, 2.24) is 15.6 Å². The molecule has 1 aliphatic rings. The van der Waals surface area contributed by atoms with E-state index in [4.69, 9.17) is 4.74 Å². The number of guanidine groups is 1. The van der Waals surface area contributed by atoms with Gasteiger partial charge in [0, 0.05) is 54.1 Å². The Morgan fingerprint density at radius 3 is 2.72 bits per heavy atom. The molecule has 1 aliphatic carbocycles. The normalized spacial score (nSPS) is 16.7. The molecule has 2 N–H and O–H groups in total. The zero-order chi connectivity index (χ0) is 18.1. The van der Waals surface area contributed by atoms with Gasteiger partial charge in [-0.3, -0.25) is 4.99 Å². The number of methoxy groups -OCH3 is 1. The number of aromatic nitrogens is 1. The largest absolute Gasteiger partial charge is 0.385 e. The van der Waals surface area contributed by atoms with Gasteiger partial charge in [-0.05, 0) is 42.4 Å². The smallest absolute Gasteiger partial charge is 0.191 e. The average molecular weight is 348 g/mol. The predicted molar refractivity (Wildman–Crippen MR) is 104 cm³/mol. The third-order valence-electron chi connectivity index (χ3n) is 5.08. The van der Waals surface area contributed by atoms with E-state index in [1.165, 1.54) is 31.2 Å². The van der Waals surface area contributed by atoms with Crippen molar-refractivity contribution in [2.24, 2.45) is 10.4 Å². The van der Waals surface area contributed by atoms with Gasteiger partial charge in [-0.25, -0.2) is 4.98 Å². The van der Waals surface area contributed by atoms with Crippen LogP contribution in [0.4, 0.5) is 5.82 Å². The van der Waals surface area contributed by atoms with Crippen LogP contribution in [0, 0.1) is 5.41 Å². The summed E-state index contributed by atoms with van der Waals surface area (Å²) in [7, 11) is 7.61. The minimum Gasteiger partial charge on any atom is -0.385 e. The number of ether oxygens (including phenoxy) is 1. The van der Waals surface area contributed by atoms with Gasteiger partial charge in [0.25, 0.3) is 0 Å². The van der Waals surface area contributed by atoms with Gasteiger partial charge in [0.15, 0.2) is 5.96 Å². The Hall–Kier alpha value is -1.82. The SMILES string of the molecule is CN=C(NCc1ccnc(N(C)C)c1)NCC1(CCOC)CCCC1. The van der Waals surface area contributed by atoms with Crippen molar-refractivity contribution in [2.45, 2.75) is 38.6 Å². The Labute approximate surface area is 152 Å². The predicted octanol–water partition coefficient (Wildman–Crippen LogP) is 2.41. The van der Waals surface area contributed by atoms with Crippen molar-refractivity contribution < 1.29 is 4.74 Å². The fourth-order valence-electron chi connectivity index (χ4n) is 3.45. The molecule has 1 aromatic rings. The maximum absolute atomic E-state index is 5.31. The third-order valence-corrected chi connectivity index (χ3v) is 5.08. The summed E-state index contributed by atoms with van der Waals surface area (Å²) in [4.78, 5) is 10.7. The Kier molecular flexibility index (Phi) is 7.50. The van der Waals surface area contributed by atoms with Crippen molar-refractivity contribution in [3.63, 3.8) is 0 Å². The fourth-order valence-corrected chi connectivity index (χ4v) is 3.45. The number of pyridine rings is 1. The van der Waals surface area contributed by atoms with E-state index in [2.05, 4.69) is 26.7 Å². The number of anilines is 1. The highest BCUT2D eigenvalue weighted by molar-refractivity contribution is 5.79.